The van der Waals surface area contributed by atoms with E-state index in [9.17, 15) is 22.8 Å². The van der Waals surface area contributed by atoms with Crippen molar-refractivity contribution in [3.8, 4) is 0 Å². The summed E-state index contributed by atoms with van der Waals surface area (Å²) < 4.78 is 36.9. The highest BCUT2D eigenvalue weighted by Gasteiger charge is 2.30. The molecule has 1 unspecified atom stereocenters. The lowest BCUT2D eigenvalue weighted by Crippen LogP contribution is -2.40. The Hall–Kier alpha value is -2.12. The van der Waals surface area contributed by atoms with E-state index in [1.54, 1.807) is 18.1 Å². The second kappa shape index (κ2) is 10.4. The molecule has 5 nitrogen and oxygen atoms in total. The minimum atomic E-state index is -4.31. The van der Waals surface area contributed by atoms with Crippen LogP contribution in [0.15, 0.2) is 24.4 Å². The van der Waals surface area contributed by atoms with Crippen LogP contribution in [0.1, 0.15) is 44.2 Å². The van der Waals surface area contributed by atoms with E-state index < -0.39 is 24.9 Å². The van der Waals surface area contributed by atoms with Crippen molar-refractivity contribution in [2.45, 2.75) is 51.1 Å². The van der Waals surface area contributed by atoms with Gasteiger partial charge in [-0.1, -0.05) is 6.07 Å². The van der Waals surface area contributed by atoms with Gasteiger partial charge in [0.2, 0.25) is 11.8 Å². The highest BCUT2D eigenvalue weighted by molar-refractivity contribution is 5.76. The van der Waals surface area contributed by atoms with Gasteiger partial charge in [0.15, 0.2) is 0 Å². The second-order valence-electron chi connectivity index (χ2n) is 7.39. The van der Waals surface area contributed by atoms with E-state index in [-0.39, 0.29) is 11.8 Å². The summed E-state index contributed by atoms with van der Waals surface area (Å²) in [6, 6.07) is 5.68. The first-order valence-electron chi connectivity index (χ1n) is 9.73. The van der Waals surface area contributed by atoms with Crippen LogP contribution in [0.25, 0.3) is 0 Å². The van der Waals surface area contributed by atoms with E-state index in [4.69, 9.17) is 0 Å². The summed E-state index contributed by atoms with van der Waals surface area (Å²) in [6.07, 6.45) is -0.769. The largest absolute Gasteiger partial charge is 0.389 e. The van der Waals surface area contributed by atoms with Crippen molar-refractivity contribution in [1.82, 2.24) is 14.8 Å². The van der Waals surface area contributed by atoms with Gasteiger partial charge in [-0.05, 0) is 37.3 Å². The van der Waals surface area contributed by atoms with E-state index in [1.807, 2.05) is 18.2 Å². The third kappa shape index (κ3) is 7.86. The van der Waals surface area contributed by atoms with Gasteiger partial charge in [0.25, 0.3) is 0 Å². The SMILES string of the molecule is CN(CCc1ccccn1)C(=O)CCC1CCCN(C(=O)CCC(F)(F)F)C1. The smallest absolute Gasteiger partial charge is 0.345 e. The zero-order valence-electron chi connectivity index (χ0n) is 16.2. The van der Waals surface area contributed by atoms with Gasteiger partial charge >= 0.3 is 6.18 Å². The molecule has 0 aromatic carbocycles. The molecule has 0 radical (unpaired) electrons. The monoisotopic (exact) mass is 399 g/mol. The van der Waals surface area contributed by atoms with E-state index in [0.717, 1.165) is 18.5 Å². The molecule has 28 heavy (non-hydrogen) atoms. The van der Waals surface area contributed by atoms with Gasteiger partial charge in [-0.2, -0.15) is 13.2 Å². The lowest BCUT2D eigenvalue weighted by atomic mass is 9.93. The van der Waals surface area contributed by atoms with E-state index in [0.29, 0.717) is 38.9 Å². The highest BCUT2D eigenvalue weighted by Crippen LogP contribution is 2.25. The number of nitrogens with zero attached hydrogens (tertiary/aromatic N) is 3. The Morgan fingerprint density at radius 3 is 2.75 bits per heavy atom. The maximum atomic E-state index is 12.3. The van der Waals surface area contributed by atoms with E-state index >= 15 is 0 Å². The first-order chi connectivity index (χ1) is 13.2. The number of carbonyl (C=O) groups is 2. The summed E-state index contributed by atoms with van der Waals surface area (Å²) in [7, 11) is 1.76. The highest BCUT2D eigenvalue weighted by atomic mass is 19.4. The first-order valence-corrected chi connectivity index (χ1v) is 9.73. The van der Waals surface area contributed by atoms with Crippen molar-refractivity contribution in [1.29, 1.82) is 0 Å². The maximum Gasteiger partial charge on any atom is 0.389 e. The van der Waals surface area contributed by atoms with Gasteiger partial charge < -0.3 is 9.80 Å². The Labute approximate surface area is 163 Å². The molecule has 2 amide bonds. The fourth-order valence-corrected chi connectivity index (χ4v) is 3.41. The molecule has 2 heterocycles. The molecule has 1 aliphatic rings. The van der Waals surface area contributed by atoms with Crippen molar-refractivity contribution in [2.75, 3.05) is 26.7 Å². The van der Waals surface area contributed by atoms with Crippen molar-refractivity contribution in [2.24, 2.45) is 5.92 Å². The molecule has 8 heteroatoms. The number of hydrogen-bond acceptors (Lipinski definition) is 3. The number of rotatable bonds is 8. The minimum Gasteiger partial charge on any atom is -0.345 e. The van der Waals surface area contributed by atoms with Crippen LogP contribution in [0, 0.1) is 5.92 Å². The number of piperidine rings is 1. The number of amides is 2. The minimum absolute atomic E-state index is 0.0384. The molecule has 1 atom stereocenters. The molecular formula is C20H28F3N3O2. The molecule has 156 valence electrons. The van der Waals surface area contributed by atoms with Crippen LogP contribution in [-0.2, 0) is 16.0 Å². The average Bonchev–Trinajstić information content (AvgIpc) is 2.68. The van der Waals surface area contributed by atoms with Crippen molar-refractivity contribution in [3.05, 3.63) is 30.1 Å². The predicted octanol–water partition coefficient (Wildman–Crippen LogP) is 3.44. The number of aromatic nitrogens is 1. The molecule has 2 rings (SSSR count). The number of likely N-dealkylation sites (tertiary alicyclic amines) is 1. The van der Waals surface area contributed by atoms with Crippen molar-refractivity contribution < 1.29 is 22.8 Å². The van der Waals surface area contributed by atoms with Crippen LogP contribution < -0.4 is 0 Å². The lowest BCUT2D eigenvalue weighted by Gasteiger charge is -2.33. The third-order valence-corrected chi connectivity index (χ3v) is 5.12. The number of likely N-dealkylation sites (N-methyl/N-ethyl adjacent to an activating group) is 1. The summed E-state index contributed by atoms with van der Waals surface area (Å²) in [5, 5.41) is 0. The Balaban J connectivity index is 1.70. The molecule has 1 aromatic rings. The van der Waals surface area contributed by atoms with E-state index in [2.05, 4.69) is 4.98 Å². The fourth-order valence-electron chi connectivity index (χ4n) is 3.41. The van der Waals surface area contributed by atoms with Crippen molar-refractivity contribution >= 4 is 11.8 Å². The molecule has 1 aliphatic heterocycles. The maximum absolute atomic E-state index is 12.3. The zero-order chi connectivity index (χ0) is 20.6. The van der Waals surface area contributed by atoms with Crippen LogP contribution in [0.4, 0.5) is 13.2 Å². The van der Waals surface area contributed by atoms with Crippen molar-refractivity contribution in [3.63, 3.8) is 0 Å². The van der Waals surface area contributed by atoms with Gasteiger partial charge in [-0.15, -0.1) is 0 Å². The summed E-state index contributed by atoms with van der Waals surface area (Å²) in [5.74, 6) is -0.242. The molecule has 0 saturated carbocycles. The molecular weight excluding hydrogens is 371 g/mol. The summed E-state index contributed by atoms with van der Waals surface area (Å²) in [5.41, 5.74) is 0.933. The van der Waals surface area contributed by atoms with Gasteiger partial charge in [-0.3, -0.25) is 14.6 Å². The number of pyridine rings is 1. The summed E-state index contributed by atoms with van der Waals surface area (Å²) in [4.78, 5) is 31.8. The second-order valence-corrected chi connectivity index (χ2v) is 7.39. The zero-order valence-corrected chi connectivity index (χ0v) is 16.2. The number of hydrogen-bond donors (Lipinski definition) is 0. The predicted molar refractivity (Wildman–Crippen MR) is 99.4 cm³/mol. The van der Waals surface area contributed by atoms with Crippen LogP contribution in [-0.4, -0.2) is 59.5 Å². The van der Waals surface area contributed by atoms with E-state index in [1.165, 1.54) is 4.90 Å². The van der Waals surface area contributed by atoms with Crippen LogP contribution in [0.5, 0.6) is 0 Å². The van der Waals surface area contributed by atoms with Gasteiger partial charge in [0.1, 0.15) is 0 Å². The van der Waals surface area contributed by atoms with Gasteiger partial charge in [-0.25, -0.2) is 0 Å². The Morgan fingerprint density at radius 2 is 2.07 bits per heavy atom. The quantitative estimate of drug-likeness (QED) is 0.673. The van der Waals surface area contributed by atoms with Crippen LogP contribution in [0.3, 0.4) is 0 Å². The molecule has 1 fully saturated rings. The van der Waals surface area contributed by atoms with Crippen LogP contribution >= 0.6 is 0 Å². The van der Waals surface area contributed by atoms with Gasteiger partial charge in [0, 0.05) is 57.8 Å². The fraction of sp³-hybridized carbons (Fsp3) is 0.650. The Morgan fingerprint density at radius 1 is 1.29 bits per heavy atom. The molecule has 1 saturated heterocycles. The van der Waals surface area contributed by atoms with Gasteiger partial charge in [0.05, 0.1) is 6.42 Å². The third-order valence-electron chi connectivity index (χ3n) is 5.12. The van der Waals surface area contributed by atoms with Crippen LogP contribution in [0.2, 0.25) is 0 Å². The first kappa shape index (κ1) is 22.2. The molecule has 0 N–H and O–H groups in total. The molecule has 0 spiro atoms. The normalized spacial score (nSPS) is 17.4. The number of alkyl halides is 3. The Kier molecular flexibility index (Phi) is 8.26. The molecule has 0 bridgehead atoms. The molecule has 1 aromatic heterocycles. The summed E-state index contributed by atoms with van der Waals surface area (Å²) >= 11 is 0. The number of halogens is 3. The lowest BCUT2D eigenvalue weighted by molar-refractivity contribution is -0.150. The summed E-state index contributed by atoms with van der Waals surface area (Å²) in [6.45, 7) is 1.54. The Bertz CT molecular complexity index is 637. The number of carbonyl (C=O) groups excluding carboxylic acids is 2. The molecule has 0 aliphatic carbocycles. The topological polar surface area (TPSA) is 53.5 Å². The standard InChI is InChI=1S/C20H28F3N3O2/c1-25(14-10-17-6-2-3-12-24-17)18(27)8-7-16-5-4-13-26(15-16)19(28)9-11-20(21,22)23/h2-3,6,12,16H,4-5,7-11,13-15H2,1H3. The average molecular weight is 399 g/mol.